The van der Waals surface area contributed by atoms with Crippen molar-refractivity contribution in [2.75, 3.05) is 32.8 Å². The molecule has 0 aliphatic carbocycles. The van der Waals surface area contributed by atoms with Crippen molar-refractivity contribution < 1.29 is 9.53 Å². The standard InChI is InChI=1S/C23H28N6O2/c30-23(18-29-22(25-26-27-29)17-28-13-15-31-16-14-28)24-12-11-21(19-7-3-1-4-8-19)20-9-5-2-6-10-20/h1-10,21H,11-18H2,(H,24,30). The molecule has 31 heavy (non-hydrogen) atoms. The molecule has 1 amide bonds. The SMILES string of the molecule is O=C(Cn1nnnc1CN1CCOCC1)NCCC(c1ccccc1)c1ccccc1. The summed E-state index contributed by atoms with van der Waals surface area (Å²) in [6.07, 6.45) is 0.815. The molecule has 4 rings (SSSR count). The lowest BCUT2D eigenvalue weighted by Gasteiger charge is -2.25. The van der Waals surface area contributed by atoms with E-state index in [1.165, 1.54) is 11.1 Å². The number of tetrazole rings is 1. The van der Waals surface area contributed by atoms with Gasteiger partial charge in [0.05, 0.1) is 19.8 Å². The molecule has 1 aromatic heterocycles. The summed E-state index contributed by atoms with van der Waals surface area (Å²) < 4.78 is 6.96. The second-order valence-corrected chi connectivity index (χ2v) is 7.65. The van der Waals surface area contributed by atoms with Crippen molar-refractivity contribution in [2.24, 2.45) is 0 Å². The van der Waals surface area contributed by atoms with Crippen LogP contribution in [0.25, 0.3) is 0 Å². The fourth-order valence-electron chi connectivity index (χ4n) is 3.86. The van der Waals surface area contributed by atoms with E-state index in [0.29, 0.717) is 32.1 Å². The zero-order valence-electron chi connectivity index (χ0n) is 17.6. The summed E-state index contributed by atoms with van der Waals surface area (Å²) in [6.45, 7) is 4.44. The third-order valence-corrected chi connectivity index (χ3v) is 5.53. The molecule has 1 saturated heterocycles. The van der Waals surface area contributed by atoms with E-state index in [1.54, 1.807) is 4.68 Å². The van der Waals surface area contributed by atoms with Crippen molar-refractivity contribution in [3.63, 3.8) is 0 Å². The Hall–Kier alpha value is -3.10. The Morgan fingerprint density at radius 3 is 2.29 bits per heavy atom. The van der Waals surface area contributed by atoms with E-state index in [9.17, 15) is 4.79 Å². The van der Waals surface area contributed by atoms with Gasteiger partial charge in [0.2, 0.25) is 5.91 Å². The first-order valence-corrected chi connectivity index (χ1v) is 10.7. The highest BCUT2D eigenvalue weighted by Crippen LogP contribution is 2.27. The lowest BCUT2D eigenvalue weighted by molar-refractivity contribution is -0.121. The largest absolute Gasteiger partial charge is 0.379 e. The van der Waals surface area contributed by atoms with Crippen LogP contribution in [0.15, 0.2) is 60.7 Å². The first kappa shape index (κ1) is 21.1. The van der Waals surface area contributed by atoms with Crippen LogP contribution >= 0.6 is 0 Å². The number of carbonyl (C=O) groups excluding carboxylic acids is 1. The highest BCUT2D eigenvalue weighted by atomic mass is 16.5. The molecular weight excluding hydrogens is 392 g/mol. The van der Waals surface area contributed by atoms with Crippen molar-refractivity contribution in [1.82, 2.24) is 30.4 Å². The number of hydrogen-bond donors (Lipinski definition) is 1. The van der Waals surface area contributed by atoms with Crippen molar-refractivity contribution in [3.05, 3.63) is 77.6 Å². The van der Waals surface area contributed by atoms with Gasteiger partial charge in [-0.05, 0) is 28.0 Å². The normalized spacial score (nSPS) is 14.6. The average molecular weight is 421 g/mol. The van der Waals surface area contributed by atoms with Gasteiger partial charge in [0.15, 0.2) is 5.82 Å². The zero-order valence-corrected chi connectivity index (χ0v) is 17.6. The minimum Gasteiger partial charge on any atom is -0.379 e. The van der Waals surface area contributed by atoms with Crippen molar-refractivity contribution in [3.8, 4) is 0 Å². The number of morpholine rings is 1. The molecule has 0 bridgehead atoms. The maximum absolute atomic E-state index is 12.5. The predicted octanol–water partition coefficient (Wildman–Crippen LogP) is 1.84. The van der Waals surface area contributed by atoms with Crippen LogP contribution in [0.1, 0.15) is 29.3 Å². The van der Waals surface area contributed by atoms with E-state index in [1.807, 2.05) is 12.1 Å². The summed E-state index contributed by atoms with van der Waals surface area (Å²) in [5.41, 5.74) is 2.49. The van der Waals surface area contributed by atoms with Crippen LogP contribution in [0.4, 0.5) is 0 Å². The van der Waals surface area contributed by atoms with Crippen LogP contribution in [0, 0.1) is 0 Å². The first-order chi connectivity index (χ1) is 15.3. The lowest BCUT2D eigenvalue weighted by Crippen LogP contribution is -2.37. The number of rotatable bonds is 9. The van der Waals surface area contributed by atoms with E-state index < -0.39 is 0 Å². The molecule has 2 aromatic carbocycles. The molecule has 1 N–H and O–H groups in total. The maximum atomic E-state index is 12.5. The molecule has 162 valence electrons. The number of aromatic nitrogens is 4. The molecule has 0 saturated carbocycles. The third kappa shape index (κ3) is 5.96. The second kappa shape index (κ2) is 10.8. The number of nitrogens with zero attached hydrogens (tertiary/aromatic N) is 5. The van der Waals surface area contributed by atoms with Crippen molar-refractivity contribution in [2.45, 2.75) is 25.4 Å². The molecule has 8 heteroatoms. The summed E-state index contributed by atoms with van der Waals surface area (Å²) in [5.74, 6) is 0.839. The van der Waals surface area contributed by atoms with E-state index in [0.717, 1.165) is 19.5 Å². The lowest BCUT2D eigenvalue weighted by atomic mass is 9.88. The van der Waals surface area contributed by atoms with Gasteiger partial charge in [-0.1, -0.05) is 60.7 Å². The van der Waals surface area contributed by atoms with Crippen LogP contribution in [0.3, 0.4) is 0 Å². The third-order valence-electron chi connectivity index (χ3n) is 5.53. The van der Waals surface area contributed by atoms with Crippen LogP contribution in [-0.4, -0.2) is 63.9 Å². The number of benzene rings is 2. The molecular formula is C23H28N6O2. The molecule has 1 aliphatic rings. The smallest absolute Gasteiger partial charge is 0.241 e. The topological polar surface area (TPSA) is 85.2 Å². The minimum absolute atomic E-state index is 0.0876. The number of ether oxygens (including phenoxy) is 1. The van der Waals surface area contributed by atoms with E-state index >= 15 is 0 Å². The number of hydrogen-bond acceptors (Lipinski definition) is 6. The highest BCUT2D eigenvalue weighted by molar-refractivity contribution is 5.75. The van der Waals surface area contributed by atoms with Gasteiger partial charge in [-0.2, -0.15) is 0 Å². The quantitative estimate of drug-likeness (QED) is 0.569. The van der Waals surface area contributed by atoms with Crippen LogP contribution < -0.4 is 5.32 Å². The molecule has 1 fully saturated rings. The van der Waals surface area contributed by atoms with Gasteiger partial charge < -0.3 is 10.1 Å². The van der Waals surface area contributed by atoms with Crippen LogP contribution in [-0.2, 0) is 22.6 Å². The van der Waals surface area contributed by atoms with Gasteiger partial charge in [-0.3, -0.25) is 9.69 Å². The summed E-state index contributed by atoms with van der Waals surface area (Å²) in [4.78, 5) is 14.8. The Balaban J connectivity index is 1.32. The summed E-state index contributed by atoms with van der Waals surface area (Å²) >= 11 is 0. The molecule has 0 atom stereocenters. The Bertz CT molecular complexity index is 901. The Kier molecular flexibility index (Phi) is 7.36. The molecule has 2 heterocycles. The fraction of sp³-hybridized carbons (Fsp3) is 0.391. The van der Waals surface area contributed by atoms with Gasteiger partial charge in [-0.15, -0.1) is 5.10 Å². The number of amides is 1. The van der Waals surface area contributed by atoms with E-state index in [4.69, 9.17) is 4.74 Å². The average Bonchev–Trinajstić information content (AvgIpc) is 3.25. The molecule has 1 aliphatic heterocycles. The first-order valence-electron chi connectivity index (χ1n) is 10.7. The Morgan fingerprint density at radius 2 is 1.65 bits per heavy atom. The van der Waals surface area contributed by atoms with Crippen LogP contribution in [0.2, 0.25) is 0 Å². The molecule has 3 aromatic rings. The molecule has 8 nitrogen and oxygen atoms in total. The van der Waals surface area contributed by atoms with Crippen LogP contribution in [0.5, 0.6) is 0 Å². The molecule has 0 radical (unpaired) electrons. The molecule has 0 unspecified atom stereocenters. The van der Waals surface area contributed by atoms with Gasteiger partial charge in [0, 0.05) is 25.6 Å². The summed E-state index contributed by atoms with van der Waals surface area (Å²) in [7, 11) is 0. The number of carbonyl (C=O) groups is 1. The van der Waals surface area contributed by atoms with Gasteiger partial charge in [0.25, 0.3) is 0 Å². The summed E-state index contributed by atoms with van der Waals surface area (Å²) in [5, 5.41) is 14.9. The predicted molar refractivity (Wildman–Crippen MR) is 116 cm³/mol. The van der Waals surface area contributed by atoms with Crippen molar-refractivity contribution >= 4 is 5.91 Å². The van der Waals surface area contributed by atoms with Gasteiger partial charge in [0.1, 0.15) is 6.54 Å². The van der Waals surface area contributed by atoms with Gasteiger partial charge in [-0.25, -0.2) is 4.68 Å². The zero-order chi connectivity index (χ0) is 21.3. The van der Waals surface area contributed by atoms with Gasteiger partial charge >= 0.3 is 0 Å². The Labute approximate surface area is 182 Å². The second-order valence-electron chi connectivity index (χ2n) is 7.65. The fourth-order valence-corrected chi connectivity index (χ4v) is 3.86. The van der Waals surface area contributed by atoms with E-state index in [-0.39, 0.29) is 18.4 Å². The number of nitrogens with one attached hydrogen (secondary N) is 1. The minimum atomic E-state index is -0.0876. The Morgan fingerprint density at radius 1 is 1.00 bits per heavy atom. The van der Waals surface area contributed by atoms with E-state index in [2.05, 4.69) is 74.3 Å². The monoisotopic (exact) mass is 420 g/mol. The van der Waals surface area contributed by atoms with Crippen molar-refractivity contribution in [1.29, 1.82) is 0 Å². The molecule has 0 spiro atoms. The maximum Gasteiger partial charge on any atom is 0.241 e. The highest BCUT2D eigenvalue weighted by Gasteiger charge is 2.17. The summed E-state index contributed by atoms with van der Waals surface area (Å²) in [6, 6.07) is 20.8.